The number of thioether (sulfide) groups is 1. The third kappa shape index (κ3) is 5.57. The number of aliphatic hydroxyl groups is 1. The lowest BCUT2D eigenvalue weighted by Crippen LogP contribution is -2.19. The van der Waals surface area contributed by atoms with Gasteiger partial charge in [0.15, 0.2) is 0 Å². The Labute approximate surface area is 103 Å². The molecule has 1 N–H and O–H groups in total. The van der Waals surface area contributed by atoms with Crippen molar-refractivity contribution >= 4 is 11.8 Å². The minimum atomic E-state index is -0.532. The predicted octanol–water partition coefficient (Wildman–Crippen LogP) is 3.70. The second-order valence-electron chi connectivity index (χ2n) is 5.11. The maximum absolute atomic E-state index is 9.59. The number of aryl methyl sites for hydroxylation is 2. The van der Waals surface area contributed by atoms with E-state index in [0.717, 1.165) is 17.9 Å². The van der Waals surface area contributed by atoms with Crippen molar-refractivity contribution in [3.8, 4) is 0 Å². The summed E-state index contributed by atoms with van der Waals surface area (Å²) in [5.74, 6) is 2.05. The summed E-state index contributed by atoms with van der Waals surface area (Å²) >= 11 is 1.89. The molecular weight excluding hydrogens is 216 g/mol. The zero-order valence-electron chi connectivity index (χ0n) is 10.7. The summed E-state index contributed by atoms with van der Waals surface area (Å²) < 4.78 is 0. The lowest BCUT2D eigenvalue weighted by atomic mass is 10.1. The van der Waals surface area contributed by atoms with Gasteiger partial charge in [-0.25, -0.2) is 0 Å². The number of rotatable bonds is 5. The van der Waals surface area contributed by atoms with E-state index < -0.39 is 5.60 Å². The molecular formula is C14H22OS. The van der Waals surface area contributed by atoms with Crippen LogP contribution in [0.3, 0.4) is 0 Å². The first-order chi connectivity index (χ1) is 7.37. The fraction of sp³-hybridized carbons (Fsp3) is 0.571. The summed E-state index contributed by atoms with van der Waals surface area (Å²) in [6.45, 7) is 8.00. The smallest absolute Gasteiger partial charge is 0.0599 e. The largest absolute Gasteiger partial charge is 0.390 e. The van der Waals surface area contributed by atoms with E-state index >= 15 is 0 Å². The molecule has 1 aromatic rings. The van der Waals surface area contributed by atoms with E-state index in [1.165, 1.54) is 16.7 Å². The number of hydrogen-bond acceptors (Lipinski definition) is 2. The number of benzene rings is 1. The summed E-state index contributed by atoms with van der Waals surface area (Å²) in [6, 6.07) is 6.68. The van der Waals surface area contributed by atoms with Crippen LogP contribution in [0, 0.1) is 13.8 Å². The van der Waals surface area contributed by atoms with Crippen LogP contribution in [0.25, 0.3) is 0 Å². The van der Waals surface area contributed by atoms with Gasteiger partial charge in [-0.1, -0.05) is 29.3 Å². The summed E-state index contributed by atoms with van der Waals surface area (Å²) in [5, 5.41) is 9.59. The average molecular weight is 238 g/mol. The van der Waals surface area contributed by atoms with Gasteiger partial charge in [-0.05, 0) is 45.4 Å². The highest BCUT2D eigenvalue weighted by atomic mass is 32.2. The summed E-state index contributed by atoms with van der Waals surface area (Å²) in [4.78, 5) is 0. The topological polar surface area (TPSA) is 20.2 Å². The first-order valence-corrected chi connectivity index (χ1v) is 6.89. The monoisotopic (exact) mass is 238 g/mol. The van der Waals surface area contributed by atoms with Crippen LogP contribution in [0.5, 0.6) is 0 Å². The third-order valence-corrected chi connectivity index (χ3v) is 3.44. The van der Waals surface area contributed by atoms with E-state index in [2.05, 4.69) is 32.0 Å². The molecule has 0 amide bonds. The highest BCUT2D eigenvalue weighted by molar-refractivity contribution is 7.98. The molecule has 2 heteroatoms. The van der Waals surface area contributed by atoms with Gasteiger partial charge in [0.25, 0.3) is 0 Å². The van der Waals surface area contributed by atoms with Gasteiger partial charge < -0.3 is 5.11 Å². The molecule has 1 nitrogen and oxygen atoms in total. The Bertz CT molecular complexity index is 319. The van der Waals surface area contributed by atoms with Crippen molar-refractivity contribution < 1.29 is 5.11 Å². The molecule has 0 saturated carbocycles. The Morgan fingerprint density at radius 1 is 1.12 bits per heavy atom. The molecule has 1 aromatic carbocycles. The zero-order chi connectivity index (χ0) is 12.2. The van der Waals surface area contributed by atoms with Gasteiger partial charge >= 0.3 is 0 Å². The van der Waals surface area contributed by atoms with Gasteiger partial charge in [-0.15, -0.1) is 0 Å². The van der Waals surface area contributed by atoms with E-state index in [1.807, 2.05) is 25.6 Å². The Morgan fingerprint density at radius 3 is 2.19 bits per heavy atom. The Kier molecular flexibility index (Phi) is 4.88. The Morgan fingerprint density at radius 2 is 1.69 bits per heavy atom. The molecule has 90 valence electrons. The zero-order valence-corrected chi connectivity index (χ0v) is 11.5. The molecule has 0 spiro atoms. The highest BCUT2D eigenvalue weighted by Gasteiger charge is 2.11. The van der Waals surface area contributed by atoms with Crippen molar-refractivity contribution in [2.75, 3.05) is 5.75 Å². The molecule has 0 aliphatic carbocycles. The van der Waals surface area contributed by atoms with Gasteiger partial charge in [0, 0.05) is 5.75 Å². The van der Waals surface area contributed by atoms with Crippen molar-refractivity contribution in [1.29, 1.82) is 0 Å². The summed E-state index contributed by atoms with van der Waals surface area (Å²) in [5.41, 5.74) is 3.52. The van der Waals surface area contributed by atoms with Crippen molar-refractivity contribution in [3.63, 3.8) is 0 Å². The van der Waals surface area contributed by atoms with E-state index in [9.17, 15) is 5.11 Å². The maximum Gasteiger partial charge on any atom is 0.0599 e. The van der Waals surface area contributed by atoms with Crippen LogP contribution >= 0.6 is 11.8 Å². The van der Waals surface area contributed by atoms with Gasteiger partial charge in [0.1, 0.15) is 0 Å². The van der Waals surface area contributed by atoms with Crippen LogP contribution in [-0.4, -0.2) is 16.5 Å². The quantitative estimate of drug-likeness (QED) is 0.789. The highest BCUT2D eigenvalue weighted by Crippen LogP contribution is 2.19. The second-order valence-corrected chi connectivity index (χ2v) is 6.22. The van der Waals surface area contributed by atoms with E-state index in [1.54, 1.807) is 0 Å². The Balaban J connectivity index is 2.37. The lowest BCUT2D eigenvalue weighted by molar-refractivity contribution is 0.0777. The summed E-state index contributed by atoms with van der Waals surface area (Å²) in [7, 11) is 0. The van der Waals surface area contributed by atoms with Crippen molar-refractivity contribution in [1.82, 2.24) is 0 Å². The van der Waals surface area contributed by atoms with Gasteiger partial charge in [-0.2, -0.15) is 11.8 Å². The fourth-order valence-corrected chi connectivity index (χ4v) is 2.85. The molecule has 0 atom stereocenters. The van der Waals surface area contributed by atoms with Crippen molar-refractivity contribution in [3.05, 3.63) is 34.9 Å². The van der Waals surface area contributed by atoms with Crippen LogP contribution in [0.1, 0.15) is 37.0 Å². The standard InChI is InChI=1S/C14H22OS/c1-11-7-12(2)9-13(8-11)10-16-6-5-14(3,4)15/h7-9,15H,5-6,10H2,1-4H3. The van der Waals surface area contributed by atoms with E-state index in [4.69, 9.17) is 0 Å². The SMILES string of the molecule is Cc1cc(C)cc(CSCCC(C)(C)O)c1. The van der Waals surface area contributed by atoms with Gasteiger partial charge in [0.05, 0.1) is 5.60 Å². The lowest BCUT2D eigenvalue weighted by Gasteiger charge is -2.16. The molecule has 0 heterocycles. The average Bonchev–Trinajstić information content (AvgIpc) is 2.09. The maximum atomic E-state index is 9.59. The molecule has 1 rings (SSSR count). The van der Waals surface area contributed by atoms with Crippen LogP contribution in [0.4, 0.5) is 0 Å². The van der Waals surface area contributed by atoms with E-state index in [0.29, 0.717) is 0 Å². The molecule has 0 aliphatic rings. The molecule has 0 fully saturated rings. The van der Waals surface area contributed by atoms with Crippen LogP contribution in [-0.2, 0) is 5.75 Å². The normalized spacial score (nSPS) is 11.8. The first-order valence-electron chi connectivity index (χ1n) is 5.74. The van der Waals surface area contributed by atoms with Crippen LogP contribution in [0.2, 0.25) is 0 Å². The molecule has 16 heavy (non-hydrogen) atoms. The van der Waals surface area contributed by atoms with Gasteiger partial charge in [0.2, 0.25) is 0 Å². The molecule has 0 unspecified atom stereocenters. The summed E-state index contributed by atoms with van der Waals surface area (Å²) in [6.07, 6.45) is 0.850. The Hall–Kier alpha value is -0.470. The second kappa shape index (κ2) is 5.74. The molecule has 0 saturated heterocycles. The number of hydrogen-bond donors (Lipinski definition) is 1. The molecule has 0 bridgehead atoms. The predicted molar refractivity (Wildman–Crippen MR) is 73.0 cm³/mol. The molecule has 0 aliphatic heterocycles. The van der Waals surface area contributed by atoms with Gasteiger partial charge in [-0.3, -0.25) is 0 Å². The minimum Gasteiger partial charge on any atom is -0.390 e. The molecule has 0 aromatic heterocycles. The van der Waals surface area contributed by atoms with Crippen LogP contribution in [0.15, 0.2) is 18.2 Å². The van der Waals surface area contributed by atoms with Crippen LogP contribution < -0.4 is 0 Å². The minimum absolute atomic E-state index is 0.532. The van der Waals surface area contributed by atoms with E-state index in [-0.39, 0.29) is 0 Å². The molecule has 0 radical (unpaired) electrons. The first kappa shape index (κ1) is 13.6. The van der Waals surface area contributed by atoms with Crippen molar-refractivity contribution in [2.24, 2.45) is 0 Å². The van der Waals surface area contributed by atoms with Crippen molar-refractivity contribution in [2.45, 2.75) is 45.5 Å². The third-order valence-electron chi connectivity index (χ3n) is 2.41. The fourth-order valence-electron chi connectivity index (χ4n) is 1.66.